The Bertz CT molecular complexity index is 1260. The minimum atomic E-state index is -0.561. The minimum Gasteiger partial charge on any atom is -0.459 e. The molecule has 0 spiro atoms. The van der Waals surface area contributed by atoms with Gasteiger partial charge in [-0.15, -0.1) is 11.8 Å². The van der Waals surface area contributed by atoms with Crippen LogP contribution in [0.4, 0.5) is 11.4 Å². The fraction of sp³-hybridized carbons (Fsp3) is 0.0400. The molecule has 33 heavy (non-hydrogen) atoms. The van der Waals surface area contributed by atoms with Gasteiger partial charge in [0.1, 0.15) is 5.25 Å². The summed E-state index contributed by atoms with van der Waals surface area (Å²) in [5.74, 6) is -0.369. The smallest absolute Gasteiger partial charge is 0.291 e. The van der Waals surface area contributed by atoms with Crippen molar-refractivity contribution >= 4 is 58.2 Å². The molecule has 0 radical (unpaired) electrons. The molecule has 2 amide bonds. The van der Waals surface area contributed by atoms with E-state index in [-0.39, 0.29) is 17.6 Å². The third-order valence-corrected chi connectivity index (χ3v) is 6.42. The maximum absolute atomic E-state index is 13.3. The first-order valence-electron chi connectivity index (χ1n) is 9.92. The van der Waals surface area contributed by atoms with Gasteiger partial charge in [0.15, 0.2) is 5.76 Å². The third kappa shape index (κ3) is 5.99. The summed E-state index contributed by atoms with van der Waals surface area (Å²) >= 11 is 13.6. The lowest BCUT2D eigenvalue weighted by Crippen LogP contribution is -2.19. The zero-order valence-electron chi connectivity index (χ0n) is 17.1. The van der Waals surface area contributed by atoms with Gasteiger partial charge in [-0.05, 0) is 54.1 Å². The second-order valence-electron chi connectivity index (χ2n) is 6.98. The van der Waals surface area contributed by atoms with Crippen LogP contribution < -0.4 is 10.6 Å². The van der Waals surface area contributed by atoms with Gasteiger partial charge < -0.3 is 15.1 Å². The molecule has 0 aliphatic rings. The van der Waals surface area contributed by atoms with Crippen molar-refractivity contribution in [2.75, 3.05) is 10.6 Å². The van der Waals surface area contributed by atoms with Crippen LogP contribution in [-0.4, -0.2) is 11.8 Å². The second-order valence-corrected chi connectivity index (χ2v) is 9.00. The zero-order valence-corrected chi connectivity index (χ0v) is 19.5. The molecule has 8 heteroatoms. The predicted molar refractivity (Wildman–Crippen MR) is 133 cm³/mol. The highest BCUT2D eigenvalue weighted by Crippen LogP contribution is 2.38. The van der Waals surface area contributed by atoms with Gasteiger partial charge in [-0.3, -0.25) is 9.59 Å². The lowest BCUT2D eigenvalue weighted by Gasteiger charge is -2.18. The van der Waals surface area contributed by atoms with Gasteiger partial charge in [-0.1, -0.05) is 59.6 Å². The summed E-state index contributed by atoms with van der Waals surface area (Å²) in [6.07, 6.45) is 1.44. The quantitative estimate of drug-likeness (QED) is 0.263. The highest BCUT2D eigenvalue weighted by atomic mass is 35.5. The van der Waals surface area contributed by atoms with Gasteiger partial charge in [0, 0.05) is 15.6 Å². The molecule has 2 N–H and O–H groups in total. The number of nitrogens with one attached hydrogen (secondary N) is 2. The molecule has 0 aliphatic heterocycles. The number of hydrogen-bond donors (Lipinski definition) is 2. The monoisotopic (exact) mass is 496 g/mol. The van der Waals surface area contributed by atoms with E-state index in [2.05, 4.69) is 10.6 Å². The molecule has 4 aromatic rings. The fourth-order valence-corrected chi connectivity index (χ4v) is 4.61. The average Bonchev–Trinajstić information content (AvgIpc) is 3.35. The molecule has 166 valence electrons. The lowest BCUT2D eigenvalue weighted by atomic mass is 10.1. The molecule has 1 atom stereocenters. The summed E-state index contributed by atoms with van der Waals surface area (Å²) in [5, 5.41) is 5.97. The topological polar surface area (TPSA) is 71.3 Å². The molecule has 0 fully saturated rings. The summed E-state index contributed by atoms with van der Waals surface area (Å²) in [5.41, 5.74) is 1.90. The minimum absolute atomic E-state index is 0.217. The Kier molecular flexibility index (Phi) is 7.40. The van der Waals surface area contributed by atoms with Crippen molar-refractivity contribution in [1.29, 1.82) is 0 Å². The molecule has 1 aromatic heterocycles. The van der Waals surface area contributed by atoms with Gasteiger partial charge in [-0.2, -0.15) is 0 Å². The molecule has 5 nitrogen and oxygen atoms in total. The summed E-state index contributed by atoms with van der Waals surface area (Å²) in [4.78, 5) is 26.4. The predicted octanol–water partition coefficient (Wildman–Crippen LogP) is 7.31. The normalized spacial score (nSPS) is 11.6. The number of amides is 2. The van der Waals surface area contributed by atoms with Crippen LogP contribution in [0, 0.1) is 0 Å². The van der Waals surface area contributed by atoms with Gasteiger partial charge in [0.2, 0.25) is 5.91 Å². The number of halogens is 2. The van der Waals surface area contributed by atoms with Crippen LogP contribution in [0.15, 0.2) is 101 Å². The van der Waals surface area contributed by atoms with Crippen LogP contribution >= 0.6 is 35.0 Å². The highest BCUT2D eigenvalue weighted by Gasteiger charge is 2.23. The summed E-state index contributed by atoms with van der Waals surface area (Å²) in [6, 6.07) is 24.9. The van der Waals surface area contributed by atoms with E-state index in [4.69, 9.17) is 27.6 Å². The van der Waals surface area contributed by atoms with E-state index in [1.54, 1.807) is 36.4 Å². The molecule has 1 unspecified atom stereocenters. The van der Waals surface area contributed by atoms with Gasteiger partial charge >= 0.3 is 0 Å². The van der Waals surface area contributed by atoms with E-state index in [1.165, 1.54) is 18.0 Å². The molecule has 0 bridgehead atoms. The second kappa shape index (κ2) is 10.6. The van der Waals surface area contributed by atoms with Gasteiger partial charge in [0.25, 0.3) is 5.91 Å². The number of carbonyl (C=O) groups excluding carboxylic acids is 2. The Morgan fingerprint density at radius 2 is 1.67 bits per heavy atom. The van der Waals surface area contributed by atoms with E-state index in [9.17, 15) is 9.59 Å². The third-order valence-electron chi connectivity index (χ3n) is 4.62. The molecule has 3 aromatic carbocycles. The van der Waals surface area contributed by atoms with Crippen molar-refractivity contribution < 1.29 is 14.0 Å². The molecule has 0 saturated heterocycles. The summed E-state index contributed by atoms with van der Waals surface area (Å²) in [6.45, 7) is 0. The van der Waals surface area contributed by atoms with Crippen LogP contribution in [0.5, 0.6) is 0 Å². The number of hydrogen-bond acceptors (Lipinski definition) is 4. The number of furan rings is 1. The molecular formula is C25H18Cl2N2O3S. The van der Waals surface area contributed by atoms with E-state index in [0.29, 0.717) is 21.4 Å². The maximum atomic E-state index is 13.3. The van der Waals surface area contributed by atoms with Crippen molar-refractivity contribution in [2.45, 2.75) is 10.1 Å². The molecule has 0 saturated carbocycles. The van der Waals surface area contributed by atoms with Gasteiger partial charge in [0.05, 0.1) is 17.0 Å². The van der Waals surface area contributed by atoms with Crippen LogP contribution in [-0.2, 0) is 4.79 Å². The number of anilines is 2. The zero-order chi connectivity index (χ0) is 23.2. The van der Waals surface area contributed by atoms with Gasteiger partial charge in [-0.25, -0.2) is 0 Å². The van der Waals surface area contributed by atoms with E-state index >= 15 is 0 Å². The largest absolute Gasteiger partial charge is 0.459 e. The number of benzene rings is 3. The number of carbonyl (C=O) groups is 2. The average molecular weight is 497 g/mol. The molecule has 0 aliphatic carbocycles. The van der Waals surface area contributed by atoms with E-state index in [0.717, 1.165) is 10.5 Å². The standard InChI is InChI=1S/C25H18Cl2N2O3S/c26-17-11-12-21(20(27)14-17)29-25(31)23(16-6-2-1-3-7-16)33-19-9-4-8-18(15-19)28-24(30)22-10-5-13-32-22/h1-15,23H,(H,28,30)(H,29,31). The van der Waals surface area contributed by atoms with E-state index < -0.39 is 5.25 Å². The van der Waals surface area contributed by atoms with Crippen molar-refractivity contribution in [3.8, 4) is 0 Å². The first kappa shape index (κ1) is 23.0. The SMILES string of the molecule is O=C(Nc1cccc(SC(C(=O)Nc2ccc(Cl)cc2Cl)c2ccccc2)c1)c1ccco1. The Hall–Kier alpha value is -3.19. The maximum Gasteiger partial charge on any atom is 0.291 e. The van der Waals surface area contributed by atoms with Crippen molar-refractivity contribution in [2.24, 2.45) is 0 Å². The Morgan fingerprint density at radius 3 is 2.39 bits per heavy atom. The van der Waals surface area contributed by atoms with Crippen molar-refractivity contribution in [3.63, 3.8) is 0 Å². The first-order valence-corrected chi connectivity index (χ1v) is 11.6. The summed E-state index contributed by atoms with van der Waals surface area (Å²) in [7, 11) is 0. The van der Waals surface area contributed by atoms with Crippen LogP contribution in [0.1, 0.15) is 21.4 Å². The first-order chi connectivity index (χ1) is 16.0. The molecular weight excluding hydrogens is 479 g/mol. The number of rotatable bonds is 7. The Labute approximate surface area is 205 Å². The lowest BCUT2D eigenvalue weighted by molar-refractivity contribution is -0.115. The Balaban J connectivity index is 1.56. The van der Waals surface area contributed by atoms with E-state index in [1.807, 2.05) is 48.5 Å². The molecule has 4 rings (SSSR count). The van der Waals surface area contributed by atoms with Crippen molar-refractivity contribution in [1.82, 2.24) is 0 Å². The fourth-order valence-electron chi connectivity index (χ4n) is 3.07. The van der Waals surface area contributed by atoms with Crippen LogP contribution in [0.3, 0.4) is 0 Å². The molecule has 1 heterocycles. The highest BCUT2D eigenvalue weighted by molar-refractivity contribution is 8.00. The van der Waals surface area contributed by atoms with Crippen LogP contribution in [0.25, 0.3) is 0 Å². The number of thioether (sulfide) groups is 1. The van der Waals surface area contributed by atoms with Crippen LogP contribution in [0.2, 0.25) is 10.0 Å². The van der Waals surface area contributed by atoms with Crippen molar-refractivity contribution in [3.05, 3.63) is 113 Å². The summed E-state index contributed by atoms with van der Waals surface area (Å²) < 4.78 is 5.14. The Morgan fingerprint density at radius 1 is 0.848 bits per heavy atom.